The molecule has 3 aromatic rings. The second-order valence-electron chi connectivity index (χ2n) is 6.58. The molecule has 1 N–H and O–H groups in total. The number of hydrogen-bond acceptors (Lipinski definition) is 6. The summed E-state index contributed by atoms with van der Waals surface area (Å²) in [7, 11) is 3.11. The first kappa shape index (κ1) is 22.9. The van der Waals surface area contributed by atoms with Crippen molar-refractivity contribution in [3.05, 3.63) is 66.2 Å². The van der Waals surface area contributed by atoms with Crippen molar-refractivity contribution in [1.29, 1.82) is 0 Å². The molecule has 2 heterocycles. The van der Waals surface area contributed by atoms with Gasteiger partial charge in [0, 0.05) is 32.3 Å². The lowest BCUT2D eigenvalue weighted by Gasteiger charge is -2.12. The molecule has 31 heavy (non-hydrogen) atoms. The third-order valence-corrected chi connectivity index (χ3v) is 5.27. The molecule has 3 rings (SSSR count). The Bertz CT molecular complexity index is 1220. The third kappa shape index (κ3) is 4.60. The third-order valence-electron chi connectivity index (χ3n) is 4.60. The highest BCUT2D eigenvalue weighted by atomic mass is 35.5. The Morgan fingerprint density at radius 3 is 2.65 bits per heavy atom. The van der Waals surface area contributed by atoms with Gasteiger partial charge in [0.25, 0.3) is 5.56 Å². The molecule has 0 aliphatic carbocycles. The molecule has 2 aromatic heterocycles. The summed E-state index contributed by atoms with van der Waals surface area (Å²) >= 11 is 12.6. The highest BCUT2D eigenvalue weighted by Gasteiger charge is 2.21. The van der Waals surface area contributed by atoms with E-state index in [1.54, 1.807) is 14.0 Å². The SMILES string of the molecule is CCn1[nH]c(C(=O)c2ccc(Cl)c(OCCn3nc(COC)n(C)c3=O)c2Cl)cc1=O. The first-order valence-corrected chi connectivity index (χ1v) is 10.1. The molecule has 12 heteroatoms. The lowest BCUT2D eigenvalue weighted by Crippen LogP contribution is -2.25. The van der Waals surface area contributed by atoms with E-state index in [-0.39, 0.29) is 58.1 Å². The summed E-state index contributed by atoms with van der Waals surface area (Å²) in [5, 5.41) is 7.14. The van der Waals surface area contributed by atoms with Gasteiger partial charge < -0.3 is 9.47 Å². The number of nitrogens with zero attached hydrogens (tertiary/aromatic N) is 4. The lowest BCUT2D eigenvalue weighted by molar-refractivity contribution is 0.103. The van der Waals surface area contributed by atoms with Gasteiger partial charge >= 0.3 is 5.69 Å². The highest BCUT2D eigenvalue weighted by molar-refractivity contribution is 6.39. The van der Waals surface area contributed by atoms with Crippen LogP contribution in [-0.2, 0) is 31.5 Å². The predicted molar refractivity (Wildman–Crippen MR) is 114 cm³/mol. The van der Waals surface area contributed by atoms with E-state index in [9.17, 15) is 14.4 Å². The number of methoxy groups -OCH3 is 1. The zero-order valence-electron chi connectivity index (χ0n) is 17.1. The highest BCUT2D eigenvalue weighted by Crippen LogP contribution is 2.36. The molecule has 10 nitrogen and oxygen atoms in total. The Morgan fingerprint density at radius 2 is 2.00 bits per heavy atom. The Kier molecular flexibility index (Phi) is 7.04. The molecule has 0 saturated carbocycles. The van der Waals surface area contributed by atoms with Crippen LogP contribution in [0.3, 0.4) is 0 Å². The second-order valence-corrected chi connectivity index (χ2v) is 7.37. The molecular formula is C19H21Cl2N5O5. The van der Waals surface area contributed by atoms with E-state index >= 15 is 0 Å². The van der Waals surface area contributed by atoms with Crippen molar-refractivity contribution in [3.8, 4) is 5.75 Å². The maximum absolute atomic E-state index is 12.8. The minimum Gasteiger partial charge on any atom is -0.488 e. The van der Waals surface area contributed by atoms with Crippen molar-refractivity contribution in [2.75, 3.05) is 13.7 Å². The van der Waals surface area contributed by atoms with Gasteiger partial charge in [-0.15, -0.1) is 0 Å². The summed E-state index contributed by atoms with van der Waals surface area (Å²) in [6.07, 6.45) is 0. The van der Waals surface area contributed by atoms with E-state index in [1.165, 1.54) is 39.2 Å². The average molecular weight is 470 g/mol. The van der Waals surface area contributed by atoms with Gasteiger partial charge in [0.05, 0.1) is 16.6 Å². The molecule has 0 saturated heterocycles. The standard InChI is InChI=1S/C19H21Cl2N5O5/c1-4-25-15(27)9-13(22-25)17(28)11-5-6-12(20)18(16(11)21)31-8-7-26-19(29)24(2)14(23-26)10-30-3/h5-6,9,22H,4,7-8,10H2,1-3H3. The largest absolute Gasteiger partial charge is 0.488 e. The molecule has 0 aliphatic heterocycles. The van der Waals surface area contributed by atoms with Crippen LogP contribution in [0.4, 0.5) is 0 Å². The van der Waals surface area contributed by atoms with Gasteiger partial charge in [-0.1, -0.05) is 23.2 Å². The summed E-state index contributed by atoms with van der Waals surface area (Å²) in [6.45, 7) is 2.53. The van der Waals surface area contributed by atoms with Crippen LogP contribution in [0, 0.1) is 0 Å². The smallest absolute Gasteiger partial charge is 0.345 e. The summed E-state index contributed by atoms with van der Waals surface area (Å²) < 4.78 is 14.6. The number of ketones is 1. The number of aromatic nitrogens is 5. The quantitative estimate of drug-likeness (QED) is 0.478. The molecule has 166 valence electrons. The van der Waals surface area contributed by atoms with Crippen molar-refractivity contribution >= 4 is 29.0 Å². The second kappa shape index (κ2) is 9.54. The van der Waals surface area contributed by atoms with Crippen molar-refractivity contribution in [2.24, 2.45) is 7.05 Å². The van der Waals surface area contributed by atoms with Crippen LogP contribution in [0.1, 0.15) is 28.8 Å². The number of halogens is 2. The van der Waals surface area contributed by atoms with E-state index in [1.807, 2.05) is 0 Å². The number of aryl methyl sites for hydroxylation is 1. The summed E-state index contributed by atoms with van der Waals surface area (Å²) in [5.41, 5.74) is -0.405. The van der Waals surface area contributed by atoms with Crippen LogP contribution in [0.2, 0.25) is 10.0 Å². The molecule has 0 fully saturated rings. The number of rotatable bonds is 9. The number of H-pyrrole nitrogens is 1. The van der Waals surface area contributed by atoms with Crippen molar-refractivity contribution < 1.29 is 14.3 Å². The first-order valence-electron chi connectivity index (χ1n) is 9.35. The van der Waals surface area contributed by atoms with Gasteiger partial charge in [0.1, 0.15) is 18.9 Å². The number of nitrogens with one attached hydrogen (secondary N) is 1. The number of ether oxygens (including phenoxy) is 2. The van der Waals surface area contributed by atoms with Crippen molar-refractivity contribution in [2.45, 2.75) is 26.6 Å². The average Bonchev–Trinajstić information content (AvgIpc) is 3.25. The fraction of sp³-hybridized carbons (Fsp3) is 0.368. The van der Waals surface area contributed by atoms with Crippen molar-refractivity contribution in [3.63, 3.8) is 0 Å². The molecule has 0 bridgehead atoms. The van der Waals surface area contributed by atoms with Crippen LogP contribution in [0.15, 0.2) is 27.8 Å². The summed E-state index contributed by atoms with van der Waals surface area (Å²) in [4.78, 5) is 36.9. The molecular weight excluding hydrogens is 449 g/mol. The molecule has 1 aromatic carbocycles. The van der Waals surface area contributed by atoms with Gasteiger partial charge in [0.2, 0.25) is 5.78 Å². The molecule has 0 spiro atoms. The molecule has 0 atom stereocenters. The Labute approximate surface area is 186 Å². The molecule has 0 radical (unpaired) electrons. The minimum absolute atomic E-state index is 0.0102. The normalized spacial score (nSPS) is 11.1. The lowest BCUT2D eigenvalue weighted by atomic mass is 10.1. The number of carbonyl (C=O) groups is 1. The first-order chi connectivity index (χ1) is 14.8. The van der Waals surface area contributed by atoms with Gasteiger partial charge in [-0.2, -0.15) is 5.10 Å². The van der Waals surface area contributed by atoms with Crippen LogP contribution in [-0.4, -0.2) is 43.6 Å². The molecule has 0 aliphatic rings. The van der Waals surface area contributed by atoms with E-state index in [0.29, 0.717) is 12.4 Å². The fourth-order valence-electron chi connectivity index (χ4n) is 2.94. The Morgan fingerprint density at radius 1 is 1.26 bits per heavy atom. The maximum atomic E-state index is 12.8. The molecule has 0 amide bonds. The Hall–Kier alpha value is -2.82. The van der Waals surface area contributed by atoms with Crippen molar-refractivity contribution in [1.82, 2.24) is 24.1 Å². The van der Waals surface area contributed by atoms with Gasteiger partial charge in [-0.25, -0.2) is 9.48 Å². The predicted octanol–water partition coefficient (Wildman–Crippen LogP) is 1.85. The van der Waals surface area contributed by atoms with E-state index in [0.717, 1.165) is 0 Å². The monoisotopic (exact) mass is 469 g/mol. The van der Waals surface area contributed by atoms with Crippen LogP contribution >= 0.6 is 23.2 Å². The molecule has 0 unspecified atom stereocenters. The van der Waals surface area contributed by atoms with Crippen LogP contribution in [0.5, 0.6) is 5.75 Å². The van der Waals surface area contributed by atoms with E-state index in [4.69, 9.17) is 32.7 Å². The number of aromatic amines is 1. The van der Waals surface area contributed by atoms with Gasteiger partial charge in [-0.3, -0.25) is 23.9 Å². The Balaban J connectivity index is 1.80. The zero-order valence-corrected chi connectivity index (χ0v) is 18.7. The summed E-state index contributed by atoms with van der Waals surface area (Å²) in [5.74, 6) is 0.109. The number of hydrogen-bond donors (Lipinski definition) is 1. The minimum atomic E-state index is -0.471. The van der Waals surface area contributed by atoms with Crippen LogP contribution in [0.25, 0.3) is 0 Å². The van der Waals surface area contributed by atoms with Crippen LogP contribution < -0.4 is 16.0 Å². The number of benzene rings is 1. The van der Waals surface area contributed by atoms with E-state index < -0.39 is 5.78 Å². The topological polar surface area (TPSA) is 113 Å². The maximum Gasteiger partial charge on any atom is 0.345 e. The van der Waals surface area contributed by atoms with Gasteiger partial charge in [-0.05, 0) is 19.1 Å². The zero-order chi connectivity index (χ0) is 22.7. The fourth-order valence-corrected chi connectivity index (χ4v) is 3.50. The summed E-state index contributed by atoms with van der Waals surface area (Å²) in [6, 6.07) is 4.15. The van der Waals surface area contributed by atoms with E-state index in [2.05, 4.69) is 10.2 Å². The van der Waals surface area contributed by atoms with Gasteiger partial charge in [0.15, 0.2) is 11.6 Å². The number of carbonyl (C=O) groups excluding carboxylic acids is 1.